The van der Waals surface area contributed by atoms with Crippen LogP contribution in [0, 0.1) is 41.5 Å². The number of allylic oxidation sites excluding steroid dienone is 2. The van der Waals surface area contributed by atoms with Crippen LogP contribution in [0.5, 0.6) is 0 Å². The molecular weight excluding hydrogens is 695 g/mol. The number of halogens is 2. The van der Waals surface area contributed by atoms with E-state index in [9.17, 15) is 0 Å². The van der Waals surface area contributed by atoms with Crippen LogP contribution >= 0.6 is 17.0 Å². The van der Waals surface area contributed by atoms with E-state index in [2.05, 4.69) is 141 Å². The molecule has 0 radical (unpaired) electrons. The van der Waals surface area contributed by atoms with Crippen LogP contribution in [0.15, 0.2) is 71.8 Å². The second-order valence-corrected chi connectivity index (χ2v) is 56.9. The normalized spacial score (nSPS) is 18.2. The van der Waals surface area contributed by atoms with Gasteiger partial charge in [0.15, 0.2) is 0 Å². The summed E-state index contributed by atoms with van der Waals surface area (Å²) in [6.45, 7) is 23.0. The Morgan fingerprint density at radius 1 is 0.543 bits per heavy atom. The van der Waals surface area contributed by atoms with Crippen LogP contribution in [-0.4, -0.2) is 5.92 Å². The first kappa shape index (κ1) is 33.9. The first-order valence-corrected chi connectivity index (χ1v) is 33.5. The summed E-state index contributed by atoms with van der Waals surface area (Å²) in [6.07, 6.45) is 6.89. The Bertz CT molecular complexity index is 1830. The van der Waals surface area contributed by atoms with Crippen molar-refractivity contribution in [1.82, 2.24) is 0 Å². The topological polar surface area (TPSA) is 0 Å². The number of fused-ring (bicyclic) bond motifs is 2. The minimum atomic E-state index is -4.80. The average molecular weight is 744 g/mol. The number of rotatable bonds is 7. The third-order valence-electron chi connectivity index (χ3n) is 12.0. The Balaban J connectivity index is 1.59. The van der Waals surface area contributed by atoms with E-state index in [1.54, 1.807) is 0 Å². The molecule has 4 heteroatoms. The molecule has 4 aromatic carbocycles. The van der Waals surface area contributed by atoms with Gasteiger partial charge < -0.3 is 0 Å². The maximum atomic E-state index is 8.65. The molecule has 0 spiro atoms. The molecule has 0 bridgehead atoms. The molecule has 0 nitrogen and oxygen atoms in total. The molecule has 2 atom stereocenters. The molecule has 4 aromatic rings. The van der Waals surface area contributed by atoms with Gasteiger partial charge in [-0.25, -0.2) is 0 Å². The summed E-state index contributed by atoms with van der Waals surface area (Å²) < 4.78 is 0.224. The van der Waals surface area contributed by atoms with Crippen molar-refractivity contribution in [3.05, 3.63) is 127 Å². The van der Waals surface area contributed by atoms with Crippen molar-refractivity contribution < 1.29 is 15.6 Å². The summed E-state index contributed by atoms with van der Waals surface area (Å²) in [5, 5.41) is 0. The molecule has 0 aromatic heterocycles. The van der Waals surface area contributed by atoms with Crippen molar-refractivity contribution in [2.45, 2.75) is 88.6 Å². The number of hydrogen-bond acceptors (Lipinski definition) is 0. The predicted molar refractivity (Wildman–Crippen MR) is 205 cm³/mol. The van der Waals surface area contributed by atoms with Crippen molar-refractivity contribution in [1.29, 1.82) is 0 Å². The summed E-state index contributed by atoms with van der Waals surface area (Å²) >= 11 is -4.80. The fraction of sp³-hybridized carbons (Fsp3) is 0.333. The third kappa shape index (κ3) is 4.91. The van der Waals surface area contributed by atoms with E-state index in [0.717, 1.165) is 12.8 Å². The van der Waals surface area contributed by atoms with Gasteiger partial charge in [-0.3, -0.25) is 0 Å². The van der Waals surface area contributed by atoms with Crippen LogP contribution in [0.1, 0.15) is 89.6 Å². The number of benzene rings is 4. The molecule has 239 valence electrons. The molecule has 6 rings (SSSR count). The fourth-order valence-electron chi connectivity index (χ4n) is 8.64. The zero-order chi connectivity index (χ0) is 33.3. The molecule has 0 saturated heterocycles. The molecule has 0 heterocycles. The fourth-order valence-corrected chi connectivity index (χ4v) is 40.4. The van der Waals surface area contributed by atoms with Crippen LogP contribution in [-0.2, 0) is 15.6 Å². The average Bonchev–Trinajstić information content (AvgIpc) is 3.63. The SMILES string of the molecule is CCC1=Cc2c(-c3ccc(C)c(C)c3C)cccc2[CH]1[Zr]([Cl])([Cl])([CH]1C(CC)=Cc2c(-c3ccc(C)c(C)c3C)cccc21)[SiH](C)C. The molecule has 0 amide bonds. The summed E-state index contributed by atoms with van der Waals surface area (Å²) in [6, 6.07) is 23.0. The maximum absolute atomic E-state index is 8.65. The standard InChI is InChI=1S/2C20H21.C2H7Si.2ClH.Zr/c2*1-5-16-11-17-7-6-8-19(20(17)12-16)18-10-9-13(2)14(3)15(18)4;1-3-2;;;/h2*6-12H,5H2,1-4H3;3H,1-2H3;2*1H;/q;;;;;+2/p-2. The van der Waals surface area contributed by atoms with E-state index < -0.39 is 21.5 Å². The van der Waals surface area contributed by atoms with Gasteiger partial charge in [0.2, 0.25) is 0 Å². The third-order valence-corrected chi connectivity index (χ3v) is 63.9. The zero-order valence-corrected chi connectivity index (χ0v) is 34.5. The van der Waals surface area contributed by atoms with E-state index in [-0.39, 0.29) is 7.25 Å². The number of hydrogen-bond donors (Lipinski definition) is 0. The monoisotopic (exact) mass is 741 g/mol. The van der Waals surface area contributed by atoms with Crippen LogP contribution < -0.4 is 0 Å². The predicted octanol–water partition coefficient (Wildman–Crippen LogP) is 13.2. The summed E-state index contributed by atoms with van der Waals surface area (Å²) in [4.78, 5) is 0. The molecule has 0 N–H and O–H groups in total. The molecule has 0 fully saturated rings. The molecule has 0 aliphatic heterocycles. The molecule has 0 saturated carbocycles. The van der Waals surface area contributed by atoms with Gasteiger partial charge >= 0.3 is 289 Å². The van der Waals surface area contributed by atoms with Crippen molar-refractivity contribution >= 4 is 35.1 Å². The van der Waals surface area contributed by atoms with E-state index in [4.69, 9.17) is 17.0 Å². The van der Waals surface area contributed by atoms with Crippen LogP contribution in [0.2, 0.25) is 13.1 Å². The zero-order valence-electron chi connectivity index (χ0n) is 29.3. The van der Waals surface area contributed by atoms with Gasteiger partial charge in [-0.2, -0.15) is 0 Å². The van der Waals surface area contributed by atoms with Gasteiger partial charge in [-0.1, -0.05) is 0 Å². The van der Waals surface area contributed by atoms with Crippen molar-refractivity contribution in [3.63, 3.8) is 0 Å². The van der Waals surface area contributed by atoms with Crippen molar-refractivity contribution in [3.8, 4) is 22.3 Å². The molecular formula is C42H49Cl2SiZr. The van der Waals surface area contributed by atoms with Gasteiger partial charge in [0.1, 0.15) is 0 Å². The Hall–Kier alpha value is -1.96. The van der Waals surface area contributed by atoms with Gasteiger partial charge in [0.05, 0.1) is 0 Å². The Kier molecular flexibility index (Phi) is 8.98. The van der Waals surface area contributed by atoms with Gasteiger partial charge in [0.25, 0.3) is 0 Å². The Morgan fingerprint density at radius 3 is 1.28 bits per heavy atom. The molecule has 2 unspecified atom stereocenters. The molecule has 2 aliphatic rings. The van der Waals surface area contributed by atoms with E-state index >= 15 is 0 Å². The van der Waals surface area contributed by atoms with Crippen molar-refractivity contribution in [2.24, 2.45) is 0 Å². The quantitative estimate of drug-likeness (QED) is 0.165. The number of aryl methyl sites for hydroxylation is 2. The van der Waals surface area contributed by atoms with Crippen LogP contribution in [0.25, 0.3) is 34.4 Å². The van der Waals surface area contributed by atoms with E-state index in [0.29, 0.717) is 0 Å². The van der Waals surface area contributed by atoms with Crippen LogP contribution in [0.3, 0.4) is 0 Å². The van der Waals surface area contributed by atoms with Gasteiger partial charge in [0, 0.05) is 0 Å². The first-order chi connectivity index (χ1) is 21.8. The minimum absolute atomic E-state index is 0.112. The van der Waals surface area contributed by atoms with Gasteiger partial charge in [-0.05, 0) is 0 Å². The van der Waals surface area contributed by atoms with E-state index in [1.165, 1.54) is 89.0 Å². The Morgan fingerprint density at radius 2 is 0.935 bits per heavy atom. The molecule has 2 aliphatic carbocycles. The second-order valence-electron chi connectivity index (χ2n) is 14.4. The van der Waals surface area contributed by atoms with Crippen molar-refractivity contribution in [2.75, 3.05) is 0 Å². The summed E-state index contributed by atoms with van der Waals surface area (Å²) in [5.41, 5.74) is 21.7. The Labute approximate surface area is 286 Å². The second kappa shape index (κ2) is 12.2. The van der Waals surface area contributed by atoms with E-state index in [1.807, 2.05) is 0 Å². The first-order valence-electron chi connectivity index (χ1n) is 17.1. The van der Waals surface area contributed by atoms with Gasteiger partial charge in [-0.15, -0.1) is 0 Å². The summed E-state index contributed by atoms with van der Waals surface area (Å²) in [5.74, 6) is -1.61. The van der Waals surface area contributed by atoms with Crippen LogP contribution in [0.4, 0.5) is 0 Å². The summed E-state index contributed by atoms with van der Waals surface area (Å²) in [7, 11) is 17.3. The molecule has 46 heavy (non-hydrogen) atoms.